The molecule has 144 valence electrons. The van der Waals surface area contributed by atoms with Gasteiger partial charge in [-0.05, 0) is 43.8 Å². The maximum Gasteiger partial charge on any atom is 0.294 e. The fraction of sp³-hybridized carbons (Fsp3) is 0.333. The van der Waals surface area contributed by atoms with Crippen molar-refractivity contribution >= 4 is 27.1 Å². The molecule has 0 unspecified atom stereocenters. The van der Waals surface area contributed by atoms with Crippen LogP contribution in [-0.2, 0) is 10.0 Å². The molecule has 0 spiro atoms. The number of anilines is 2. The van der Waals surface area contributed by atoms with Crippen LogP contribution >= 0.6 is 0 Å². The molecular weight excluding hydrogens is 368 g/mol. The summed E-state index contributed by atoms with van der Waals surface area (Å²) in [6.45, 7) is 3.93. The Hall–Kier alpha value is -2.49. The van der Waals surface area contributed by atoms with Gasteiger partial charge in [-0.1, -0.05) is 12.1 Å². The van der Waals surface area contributed by atoms with Crippen molar-refractivity contribution in [2.45, 2.75) is 11.8 Å². The molecule has 1 aliphatic heterocycles. The number of nitro groups is 1. The molecular formula is C18H22N4O4S. The lowest BCUT2D eigenvalue weighted by molar-refractivity contribution is -0.384. The molecule has 0 amide bonds. The fourth-order valence-corrected chi connectivity index (χ4v) is 4.43. The van der Waals surface area contributed by atoms with E-state index in [1.54, 1.807) is 6.07 Å². The second kappa shape index (κ2) is 7.63. The molecule has 2 aromatic rings. The topological polar surface area (TPSA) is 95.8 Å². The molecule has 0 bridgehead atoms. The summed E-state index contributed by atoms with van der Waals surface area (Å²) in [4.78, 5) is 12.9. The van der Waals surface area contributed by atoms with E-state index < -0.39 is 14.9 Å². The van der Waals surface area contributed by atoms with E-state index in [9.17, 15) is 18.5 Å². The van der Waals surface area contributed by atoms with Crippen molar-refractivity contribution in [3.8, 4) is 0 Å². The van der Waals surface area contributed by atoms with Crippen molar-refractivity contribution in [3.63, 3.8) is 0 Å². The van der Waals surface area contributed by atoms with E-state index in [0.29, 0.717) is 31.9 Å². The van der Waals surface area contributed by atoms with Crippen molar-refractivity contribution in [2.24, 2.45) is 0 Å². The van der Waals surface area contributed by atoms with E-state index in [1.165, 1.54) is 16.4 Å². The van der Waals surface area contributed by atoms with E-state index in [4.69, 9.17) is 0 Å². The minimum absolute atomic E-state index is 0.0615. The number of nitrogens with zero attached hydrogens (tertiary/aromatic N) is 3. The highest BCUT2D eigenvalue weighted by Gasteiger charge is 2.29. The van der Waals surface area contributed by atoms with Crippen molar-refractivity contribution in [3.05, 3.63) is 58.1 Å². The maximum atomic E-state index is 12.8. The Morgan fingerprint density at radius 3 is 2.41 bits per heavy atom. The first kappa shape index (κ1) is 19.3. The number of rotatable bonds is 5. The van der Waals surface area contributed by atoms with Gasteiger partial charge in [-0.25, -0.2) is 8.42 Å². The number of nitrogens with one attached hydrogen (secondary N) is 1. The summed E-state index contributed by atoms with van der Waals surface area (Å²) in [6, 6.07) is 11.4. The smallest absolute Gasteiger partial charge is 0.294 e. The molecule has 9 heteroatoms. The maximum absolute atomic E-state index is 12.8. The first-order valence-corrected chi connectivity index (χ1v) is 10.0. The normalized spacial score (nSPS) is 16.2. The van der Waals surface area contributed by atoms with E-state index in [2.05, 4.69) is 5.32 Å². The molecule has 1 saturated heterocycles. The van der Waals surface area contributed by atoms with E-state index >= 15 is 0 Å². The number of benzene rings is 2. The van der Waals surface area contributed by atoms with Gasteiger partial charge in [0.2, 0.25) is 10.0 Å². The van der Waals surface area contributed by atoms with Crippen molar-refractivity contribution < 1.29 is 13.3 Å². The Balaban J connectivity index is 1.92. The van der Waals surface area contributed by atoms with Gasteiger partial charge >= 0.3 is 0 Å². The van der Waals surface area contributed by atoms with Gasteiger partial charge in [0.25, 0.3) is 5.69 Å². The lowest BCUT2D eigenvalue weighted by Crippen LogP contribution is -2.47. The van der Waals surface area contributed by atoms with Gasteiger partial charge in [0, 0.05) is 37.9 Å². The first-order chi connectivity index (χ1) is 12.8. The molecule has 3 rings (SSSR count). The van der Waals surface area contributed by atoms with Crippen LogP contribution < -0.4 is 5.32 Å². The predicted octanol–water partition coefficient (Wildman–Crippen LogP) is 2.58. The van der Waals surface area contributed by atoms with Crippen molar-refractivity contribution in [1.29, 1.82) is 0 Å². The second-order valence-electron chi connectivity index (χ2n) is 6.64. The Bertz CT molecular complexity index is 954. The highest BCUT2D eigenvalue weighted by Crippen LogP contribution is 2.31. The third-order valence-electron chi connectivity index (χ3n) is 4.56. The lowest BCUT2D eigenvalue weighted by Gasteiger charge is -2.31. The first-order valence-electron chi connectivity index (χ1n) is 8.58. The van der Waals surface area contributed by atoms with Gasteiger partial charge in [0.05, 0.1) is 9.82 Å². The third-order valence-corrected chi connectivity index (χ3v) is 6.46. The van der Waals surface area contributed by atoms with Crippen LogP contribution in [0.3, 0.4) is 0 Å². The Kier molecular flexibility index (Phi) is 5.45. The number of piperazine rings is 1. The van der Waals surface area contributed by atoms with Crippen LogP contribution in [0.25, 0.3) is 0 Å². The van der Waals surface area contributed by atoms with Crippen LogP contribution in [0.2, 0.25) is 0 Å². The highest BCUT2D eigenvalue weighted by atomic mass is 32.2. The van der Waals surface area contributed by atoms with Crippen molar-refractivity contribution in [2.75, 3.05) is 38.5 Å². The summed E-state index contributed by atoms with van der Waals surface area (Å²) in [6.07, 6.45) is 0. The van der Waals surface area contributed by atoms with Crippen LogP contribution in [0.4, 0.5) is 17.1 Å². The largest absolute Gasteiger partial charge is 0.350 e. The van der Waals surface area contributed by atoms with E-state index in [-0.39, 0.29) is 16.3 Å². The van der Waals surface area contributed by atoms with E-state index in [0.717, 1.165) is 11.6 Å². The van der Waals surface area contributed by atoms with Crippen LogP contribution in [0.15, 0.2) is 47.4 Å². The standard InChI is InChI=1S/C18H22N4O4S/c1-14-4-3-5-15(12-14)19-17-7-6-16(13-18(17)22(23)24)27(25,26)21-10-8-20(2)9-11-21/h3-7,12-13,19H,8-11H2,1-2H3. The minimum Gasteiger partial charge on any atom is -0.350 e. The summed E-state index contributed by atoms with van der Waals surface area (Å²) in [5, 5.41) is 14.5. The van der Waals surface area contributed by atoms with Gasteiger partial charge in [-0.3, -0.25) is 10.1 Å². The molecule has 2 aromatic carbocycles. The van der Waals surface area contributed by atoms with Gasteiger partial charge in [-0.15, -0.1) is 0 Å². The molecule has 0 atom stereocenters. The molecule has 1 aliphatic rings. The summed E-state index contributed by atoms with van der Waals surface area (Å²) < 4.78 is 27.1. The van der Waals surface area contributed by atoms with E-state index in [1.807, 2.05) is 37.1 Å². The molecule has 0 radical (unpaired) electrons. The molecule has 1 N–H and O–H groups in total. The van der Waals surface area contributed by atoms with Crippen molar-refractivity contribution in [1.82, 2.24) is 9.21 Å². The molecule has 1 heterocycles. The minimum atomic E-state index is -3.76. The molecule has 0 saturated carbocycles. The number of hydrogen-bond donors (Lipinski definition) is 1. The summed E-state index contributed by atoms with van der Waals surface area (Å²) >= 11 is 0. The van der Waals surface area contributed by atoms with Gasteiger partial charge in [0.15, 0.2) is 0 Å². The predicted molar refractivity (Wildman–Crippen MR) is 104 cm³/mol. The summed E-state index contributed by atoms with van der Waals surface area (Å²) in [5.74, 6) is 0. The number of nitro benzene ring substituents is 1. The number of aryl methyl sites for hydroxylation is 1. The van der Waals surface area contributed by atoms with Crippen LogP contribution in [0.5, 0.6) is 0 Å². The van der Waals surface area contributed by atoms with Crippen LogP contribution in [0, 0.1) is 17.0 Å². The lowest BCUT2D eigenvalue weighted by atomic mass is 10.2. The Morgan fingerprint density at radius 2 is 1.78 bits per heavy atom. The fourth-order valence-electron chi connectivity index (χ4n) is 2.98. The SMILES string of the molecule is Cc1cccc(Nc2ccc(S(=O)(=O)N3CCN(C)CC3)cc2[N+](=O)[O-])c1. The molecule has 0 aliphatic carbocycles. The summed E-state index contributed by atoms with van der Waals surface area (Å²) in [5.41, 5.74) is 1.69. The van der Waals surface area contributed by atoms with Gasteiger partial charge in [-0.2, -0.15) is 4.31 Å². The number of likely N-dealkylation sites (N-methyl/N-ethyl adjacent to an activating group) is 1. The monoisotopic (exact) mass is 390 g/mol. The number of sulfonamides is 1. The average Bonchev–Trinajstić information content (AvgIpc) is 2.62. The zero-order valence-corrected chi connectivity index (χ0v) is 16.1. The molecule has 0 aromatic heterocycles. The van der Waals surface area contributed by atoms with Crippen LogP contribution in [-0.4, -0.2) is 55.8 Å². The Labute approximate surface area is 158 Å². The quantitative estimate of drug-likeness (QED) is 0.623. The zero-order valence-electron chi connectivity index (χ0n) is 15.3. The summed E-state index contributed by atoms with van der Waals surface area (Å²) in [7, 11) is -1.83. The molecule has 1 fully saturated rings. The number of hydrogen-bond acceptors (Lipinski definition) is 6. The van der Waals surface area contributed by atoms with Crippen LogP contribution in [0.1, 0.15) is 5.56 Å². The molecule has 8 nitrogen and oxygen atoms in total. The second-order valence-corrected chi connectivity index (χ2v) is 8.58. The average molecular weight is 390 g/mol. The Morgan fingerprint density at radius 1 is 1.07 bits per heavy atom. The van der Waals surface area contributed by atoms with Gasteiger partial charge < -0.3 is 10.2 Å². The van der Waals surface area contributed by atoms with Gasteiger partial charge in [0.1, 0.15) is 5.69 Å². The zero-order chi connectivity index (χ0) is 19.6. The molecule has 27 heavy (non-hydrogen) atoms. The third kappa shape index (κ3) is 4.26. The highest BCUT2D eigenvalue weighted by molar-refractivity contribution is 7.89.